The Morgan fingerprint density at radius 2 is 1.55 bits per heavy atom. The van der Waals surface area contributed by atoms with Crippen LogP contribution in [0.25, 0.3) is 28.3 Å². The van der Waals surface area contributed by atoms with Crippen LogP contribution in [0.15, 0.2) is 70.0 Å². The van der Waals surface area contributed by atoms with Gasteiger partial charge in [-0.25, -0.2) is 18.2 Å². The van der Waals surface area contributed by atoms with Crippen molar-refractivity contribution in [3.63, 3.8) is 0 Å². The Bertz CT molecular complexity index is 1300. The Morgan fingerprint density at radius 3 is 2.16 bits per heavy atom. The molecule has 0 aliphatic carbocycles. The van der Waals surface area contributed by atoms with Gasteiger partial charge in [-0.3, -0.25) is 9.36 Å². The Kier molecular flexibility index (Phi) is 5.02. The standard InChI is InChI=1S/C23H17F3N2O3/c1-23(2,30)22-27-19(21(31-22)13-6-9-15(24)10-7-13)14-8-11-18(29)28(12-14)20-16(25)4-3-5-17(20)26/h3-12,30H,1-2H3. The number of pyridine rings is 1. The van der Waals surface area contributed by atoms with Gasteiger partial charge in [0.15, 0.2) is 5.76 Å². The van der Waals surface area contributed by atoms with E-state index in [1.807, 2.05) is 0 Å². The van der Waals surface area contributed by atoms with Gasteiger partial charge in [-0.15, -0.1) is 0 Å². The molecule has 4 rings (SSSR count). The minimum Gasteiger partial charge on any atom is -0.437 e. The summed E-state index contributed by atoms with van der Waals surface area (Å²) >= 11 is 0. The van der Waals surface area contributed by atoms with Crippen LogP contribution in [0.2, 0.25) is 0 Å². The van der Waals surface area contributed by atoms with Gasteiger partial charge < -0.3 is 9.52 Å². The normalized spacial score (nSPS) is 11.7. The van der Waals surface area contributed by atoms with E-state index in [2.05, 4.69) is 4.98 Å². The first-order valence-corrected chi connectivity index (χ1v) is 9.32. The van der Waals surface area contributed by atoms with Gasteiger partial charge in [-0.1, -0.05) is 6.07 Å². The van der Waals surface area contributed by atoms with Crippen LogP contribution in [0, 0.1) is 17.5 Å². The van der Waals surface area contributed by atoms with Crippen molar-refractivity contribution < 1.29 is 22.7 Å². The molecule has 2 aromatic carbocycles. The van der Waals surface area contributed by atoms with Crippen molar-refractivity contribution in [1.82, 2.24) is 9.55 Å². The zero-order valence-corrected chi connectivity index (χ0v) is 16.6. The van der Waals surface area contributed by atoms with Crippen LogP contribution < -0.4 is 5.56 Å². The number of para-hydroxylation sites is 1. The fourth-order valence-electron chi connectivity index (χ4n) is 3.10. The minimum atomic E-state index is -1.43. The Hall–Kier alpha value is -3.65. The molecule has 2 aromatic heterocycles. The van der Waals surface area contributed by atoms with E-state index in [0.29, 0.717) is 11.1 Å². The number of rotatable bonds is 4. The number of halogens is 3. The second-order valence-corrected chi connectivity index (χ2v) is 7.46. The van der Waals surface area contributed by atoms with Crippen molar-refractivity contribution in [3.8, 4) is 28.3 Å². The zero-order valence-electron chi connectivity index (χ0n) is 16.6. The molecule has 2 heterocycles. The molecule has 4 aromatic rings. The van der Waals surface area contributed by atoms with Crippen molar-refractivity contribution >= 4 is 0 Å². The lowest BCUT2D eigenvalue weighted by Crippen LogP contribution is -2.19. The van der Waals surface area contributed by atoms with Crippen LogP contribution in [-0.2, 0) is 5.60 Å². The molecule has 0 fully saturated rings. The van der Waals surface area contributed by atoms with E-state index in [1.165, 1.54) is 56.4 Å². The van der Waals surface area contributed by atoms with E-state index >= 15 is 0 Å². The third kappa shape index (κ3) is 3.89. The van der Waals surface area contributed by atoms with Gasteiger partial charge in [0.05, 0.1) is 0 Å². The van der Waals surface area contributed by atoms with E-state index in [4.69, 9.17) is 4.42 Å². The van der Waals surface area contributed by atoms with Gasteiger partial charge in [-0.05, 0) is 56.3 Å². The SMILES string of the molecule is CC(C)(O)c1nc(-c2ccc(=O)n(-c3c(F)cccc3F)c2)c(-c2ccc(F)cc2)o1. The lowest BCUT2D eigenvalue weighted by molar-refractivity contribution is 0.0490. The molecule has 1 N–H and O–H groups in total. The molecule has 0 unspecified atom stereocenters. The van der Waals surface area contributed by atoms with E-state index in [0.717, 1.165) is 22.8 Å². The maximum atomic E-state index is 14.3. The molecule has 0 aliphatic rings. The van der Waals surface area contributed by atoms with Crippen LogP contribution in [0.4, 0.5) is 13.2 Å². The molecule has 0 aliphatic heterocycles. The lowest BCUT2D eigenvalue weighted by atomic mass is 10.1. The summed E-state index contributed by atoms with van der Waals surface area (Å²) in [6.45, 7) is 2.96. The summed E-state index contributed by atoms with van der Waals surface area (Å²) in [5.74, 6) is -2.07. The van der Waals surface area contributed by atoms with Crippen molar-refractivity contribution in [2.45, 2.75) is 19.4 Å². The molecule has 0 saturated carbocycles. The fourth-order valence-corrected chi connectivity index (χ4v) is 3.10. The lowest BCUT2D eigenvalue weighted by Gasteiger charge is -2.11. The maximum Gasteiger partial charge on any atom is 0.255 e. The predicted octanol–water partition coefficient (Wildman–Crippen LogP) is 4.80. The van der Waals surface area contributed by atoms with Crippen molar-refractivity contribution in [2.24, 2.45) is 0 Å². The highest BCUT2D eigenvalue weighted by molar-refractivity contribution is 5.76. The number of benzene rings is 2. The second kappa shape index (κ2) is 7.55. The average Bonchev–Trinajstić information content (AvgIpc) is 3.16. The number of oxazole rings is 1. The molecule has 158 valence electrons. The van der Waals surface area contributed by atoms with E-state index in [9.17, 15) is 23.1 Å². The fraction of sp³-hybridized carbons (Fsp3) is 0.130. The monoisotopic (exact) mass is 426 g/mol. The summed E-state index contributed by atoms with van der Waals surface area (Å²) in [7, 11) is 0. The van der Waals surface area contributed by atoms with Gasteiger partial charge in [0.25, 0.3) is 5.56 Å². The maximum absolute atomic E-state index is 14.3. The van der Waals surface area contributed by atoms with E-state index < -0.39 is 34.3 Å². The van der Waals surface area contributed by atoms with Gasteiger partial charge in [0.1, 0.15) is 34.4 Å². The molecule has 0 atom stereocenters. The van der Waals surface area contributed by atoms with Crippen LogP contribution in [0.1, 0.15) is 19.7 Å². The van der Waals surface area contributed by atoms with Crippen LogP contribution in [0.3, 0.4) is 0 Å². The molecule has 0 bridgehead atoms. The number of aliphatic hydroxyl groups is 1. The van der Waals surface area contributed by atoms with Gasteiger partial charge in [-0.2, -0.15) is 0 Å². The van der Waals surface area contributed by atoms with Crippen LogP contribution in [-0.4, -0.2) is 14.7 Å². The summed E-state index contributed by atoms with van der Waals surface area (Å²) in [4.78, 5) is 16.7. The number of hydrogen-bond donors (Lipinski definition) is 1. The number of aromatic nitrogens is 2. The van der Waals surface area contributed by atoms with Crippen LogP contribution in [0.5, 0.6) is 0 Å². The smallest absolute Gasteiger partial charge is 0.255 e. The van der Waals surface area contributed by atoms with Gasteiger partial charge >= 0.3 is 0 Å². The predicted molar refractivity (Wildman–Crippen MR) is 108 cm³/mol. The summed E-state index contributed by atoms with van der Waals surface area (Å²) in [6.07, 6.45) is 1.24. The topological polar surface area (TPSA) is 68.3 Å². The zero-order chi connectivity index (χ0) is 22.3. The second-order valence-electron chi connectivity index (χ2n) is 7.46. The first kappa shape index (κ1) is 20.6. The summed E-state index contributed by atoms with van der Waals surface area (Å²) in [5, 5.41) is 10.3. The first-order chi connectivity index (χ1) is 14.6. The van der Waals surface area contributed by atoms with Gasteiger partial charge in [0, 0.05) is 23.4 Å². The van der Waals surface area contributed by atoms with Crippen molar-refractivity contribution in [1.29, 1.82) is 0 Å². The van der Waals surface area contributed by atoms with Crippen molar-refractivity contribution in [2.75, 3.05) is 0 Å². The highest BCUT2D eigenvalue weighted by Gasteiger charge is 2.27. The van der Waals surface area contributed by atoms with Gasteiger partial charge in [0.2, 0.25) is 5.89 Å². The van der Waals surface area contributed by atoms with E-state index in [1.54, 1.807) is 0 Å². The molecular weight excluding hydrogens is 409 g/mol. The number of nitrogens with zero attached hydrogens (tertiary/aromatic N) is 2. The summed E-state index contributed by atoms with van der Waals surface area (Å²) in [5.41, 5.74) is -1.62. The molecule has 0 saturated heterocycles. The molecule has 31 heavy (non-hydrogen) atoms. The van der Waals surface area contributed by atoms with E-state index in [-0.39, 0.29) is 17.3 Å². The Balaban J connectivity index is 1.95. The van der Waals surface area contributed by atoms with Crippen LogP contribution >= 0.6 is 0 Å². The molecule has 0 radical (unpaired) electrons. The highest BCUT2D eigenvalue weighted by atomic mass is 19.1. The summed E-state index contributed by atoms with van der Waals surface area (Å²) < 4.78 is 48.6. The quantitative estimate of drug-likeness (QED) is 0.509. The minimum absolute atomic E-state index is 0.0170. The molecule has 5 nitrogen and oxygen atoms in total. The number of hydrogen-bond acceptors (Lipinski definition) is 4. The Labute approximate surface area is 175 Å². The molecule has 0 amide bonds. The highest BCUT2D eigenvalue weighted by Crippen LogP contribution is 2.35. The Morgan fingerprint density at radius 1 is 0.935 bits per heavy atom. The first-order valence-electron chi connectivity index (χ1n) is 9.32. The molecule has 8 heteroatoms. The third-order valence-corrected chi connectivity index (χ3v) is 4.62. The molecular formula is C23H17F3N2O3. The molecule has 0 spiro atoms. The van der Waals surface area contributed by atoms with Crippen molar-refractivity contribution in [3.05, 3.63) is 94.5 Å². The largest absolute Gasteiger partial charge is 0.437 e. The average molecular weight is 426 g/mol. The summed E-state index contributed by atoms with van der Waals surface area (Å²) in [6, 6.07) is 11.3. The third-order valence-electron chi connectivity index (χ3n) is 4.62.